The monoisotopic (exact) mass is 302 g/mol. The normalized spacial score (nSPS) is 27.7. The third-order valence-corrected chi connectivity index (χ3v) is 3.12. The topological polar surface area (TPSA) is 102 Å². The standard InChI is InChI=1S/C12H16F2N4O3/c1-2-4-16-6-7-9(19)12(13,14)10(21-7)18-5-3-8(15)17-11(18)20/h2-3,5,7,9-10,16,19H,1,4,6H2,(H2,15,17,20)/t7-,9-,10-/m1/s1. The Morgan fingerprint density at radius 3 is 3.00 bits per heavy atom. The van der Waals surface area contributed by atoms with Crippen molar-refractivity contribution in [2.75, 3.05) is 18.8 Å². The van der Waals surface area contributed by atoms with E-state index in [-0.39, 0.29) is 12.4 Å². The summed E-state index contributed by atoms with van der Waals surface area (Å²) in [6, 6.07) is 1.20. The van der Waals surface area contributed by atoms with E-state index in [0.29, 0.717) is 11.1 Å². The second kappa shape index (κ2) is 5.88. The number of hydrogen-bond acceptors (Lipinski definition) is 6. The largest absolute Gasteiger partial charge is 0.384 e. The zero-order valence-electron chi connectivity index (χ0n) is 11.1. The summed E-state index contributed by atoms with van der Waals surface area (Å²) in [5, 5.41) is 12.5. The van der Waals surface area contributed by atoms with Gasteiger partial charge in [-0.25, -0.2) is 4.79 Å². The molecule has 1 fully saturated rings. The molecule has 0 radical (unpaired) electrons. The first-order chi connectivity index (χ1) is 9.87. The van der Waals surface area contributed by atoms with Crippen molar-refractivity contribution in [2.24, 2.45) is 0 Å². The Kier molecular flexibility index (Phi) is 4.35. The van der Waals surface area contributed by atoms with Gasteiger partial charge in [0.1, 0.15) is 18.0 Å². The number of aliphatic hydroxyl groups is 1. The van der Waals surface area contributed by atoms with Crippen LogP contribution < -0.4 is 16.7 Å². The number of nitrogen functional groups attached to an aromatic ring is 1. The number of nitrogens with zero attached hydrogens (tertiary/aromatic N) is 2. The molecule has 21 heavy (non-hydrogen) atoms. The van der Waals surface area contributed by atoms with Gasteiger partial charge >= 0.3 is 11.6 Å². The number of alkyl halides is 2. The van der Waals surface area contributed by atoms with Crippen LogP contribution in [-0.4, -0.2) is 45.9 Å². The molecule has 7 nitrogen and oxygen atoms in total. The number of aromatic nitrogens is 2. The Morgan fingerprint density at radius 2 is 2.38 bits per heavy atom. The lowest BCUT2D eigenvalue weighted by atomic mass is 10.1. The highest BCUT2D eigenvalue weighted by Gasteiger charge is 2.59. The van der Waals surface area contributed by atoms with Gasteiger partial charge in [0.25, 0.3) is 0 Å². The van der Waals surface area contributed by atoms with Gasteiger partial charge < -0.3 is 20.9 Å². The van der Waals surface area contributed by atoms with Gasteiger partial charge in [0.2, 0.25) is 6.23 Å². The Bertz CT molecular complexity index is 578. The number of nitrogens with two attached hydrogens (primary N) is 1. The van der Waals surface area contributed by atoms with Gasteiger partial charge in [-0.2, -0.15) is 13.8 Å². The first-order valence-electron chi connectivity index (χ1n) is 6.25. The van der Waals surface area contributed by atoms with Crippen molar-refractivity contribution >= 4 is 5.82 Å². The summed E-state index contributed by atoms with van der Waals surface area (Å²) in [5.74, 6) is -3.70. The first-order valence-corrected chi connectivity index (χ1v) is 6.25. The fraction of sp³-hybridized carbons (Fsp3) is 0.500. The average Bonchev–Trinajstić information content (AvgIpc) is 2.63. The zero-order chi connectivity index (χ0) is 15.6. The number of hydrogen-bond donors (Lipinski definition) is 3. The second-order valence-electron chi connectivity index (χ2n) is 4.64. The maximum Gasteiger partial charge on any atom is 0.351 e. The minimum atomic E-state index is -3.62. The van der Waals surface area contributed by atoms with Crippen molar-refractivity contribution in [3.63, 3.8) is 0 Å². The molecule has 0 amide bonds. The smallest absolute Gasteiger partial charge is 0.351 e. The van der Waals surface area contributed by atoms with E-state index in [1.54, 1.807) is 6.08 Å². The number of anilines is 1. The maximum absolute atomic E-state index is 14.1. The van der Waals surface area contributed by atoms with Crippen LogP contribution in [0.1, 0.15) is 6.23 Å². The van der Waals surface area contributed by atoms with Crippen LogP contribution in [0.5, 0.6) is 0 Å². The van der Waals surface area contributed by atoms with Gasteiger partial charge in [0, 0.05) is 19.3 Å². The van der Waals surface area contributed by atoms with Crippen molar-refractivity contribution in [2.45, 2.75) is 24.4 Å². The highest BCUT2D eigenvalue weighted by Crippen LogP contribution is 2.41. The van der Waals surface area contributed by atoms with Crippen LogP contribution in [0.2, 0.25) is 0 Å². The summed E-state index contributed by atoms with van der Waals surface area (Å²) in [6.07, 6.45) is -2.51. The number of nitrogens with one attached hydrogen (secondary N) is 1. The maximum atomic E-state index is 14.1. The summed E-state index contributed by atoms with van der Waals surface area (Å²) in [6.45, 7) is 3.85. The molecular weight excluding hydrogens is 286 g/mol. The summed E-state index contributed by atoms with van der Waals surface area (Å²) < 4.78 is 33.9. The SMILES string of the molecule is C=CCNC[C@H]1O[C@@H](n2ccc(N)nc2=O)C(F)(F)[C@@H]1O. The van der Waals surface area contributed by atoms with Crippen LogP contribution in [0.4, 0.5) is 14.6 Å². The summed E-state index contributed by atoms with van der Waals surface area (Å²) in [4.78, 5) is 15.0. The Hall–Kier alpha value is -1.84. The van der Waals surface area contributed by atoms with Crippen LogP contribution >= 0.6 is 0 Å². The lowest BCUT2D eigenvalue weighted by Crippen LogP contribution is -2.43. The van der Waals surface area contributed by atoms with Crippen LogP contribution in [0.3, 0.4) is 0 Å². The average molecular weight is 302 g/mol. The molecule has 0 unspecified atom stereocenters. The lowest BCUT2D eigenvalue weighted by Gasteiger charge is -2.20. The number of halogens is 2. The summed E-state index contributed by atoms with van der Waals surface area (Å²) in [5.41, 5.74) is 4.34. The van der Waals surface area contributed by atoms with Crippen molar-refractivity contribution < 1.29 is 18.6 Å². The molecule has 0 spiro atoms. The quantitative estimate of drug-likeness (QED) is 0.500. The minimum absolute atomic E-state index is 0.00354. The van der Waals surface area contributed by atoms with Gasteiger partial charge in [0.05, 0.1) is 0 Å². The first kappa shape index (κ1) is 15.5. The molecule has 3 atom stereocenters. The van der Waals surface area contributed by atoms with E-state index >= 15 is 0 Å². The molecular formula is C12H16F2N4O3. The molecule has 1 saturated heterocycles. The highest BCUT2D eigenvalue weighted by atomic mass is 19.3. The van der Waals surface area contributed by atoms with Gasteiger partial charge in [-0.05, 0) is 6.07 Å². The van der Waals surface area contributed by atoms with Crippen LogP contribution in [-0.2, 0) is 4.74 Å². The molecule has 2 heterocycles. The number of rotatable bonds is 5. The molecule has 1 aliphatic rings. The molecule has 4 N–H and O–H groups in total. The molecule has 0 bridgehead atoms. The van der Waals surface area contributed by atoms with Gasteiger partial charge in [-0.3, -0.25) is 4.57 Å². The molecule has 1 aromatic rings. The minimum Gasteiger partial charge on any atom is -0.384 e. The molecule has 0 aromatic carbocycles. The molecule has 1 aromatic heterocycles. The van der Waals surface area contributed by atoms with Crippen LogP contribution in [0.15, 0.2) is 29.7 Å². The van der Waals surface area contributed by atoms with E-state index in [4.69, 9.17) is 10.5 Å². The van der Waals surface area contributed by atoms with Gasteiger partial charge in [-0.1, -0.05) is 6.08 Å². The zero-order valence-corrected chi connectivity index (χ0v) is 11.1. The molecule has 2 rings (SSSR count). The third-order valence-electron chi connectivity index (χ3n) is 3.12. The number of aliphatic hydroxyl groups excluding tert-OH is 1. The Morgan fingerprint density at radius 1 is 1.67 bits per heavy atom. The second-order valence-corrected chi connectivity index (χ2v) is 4.64. The van der Waals surface area contributed by atoms with Gasteiger partial charge in [-0.15, -0.1) is 6.58 Å². The third kappa shape index (κ3) is 2.94. The van der Waals surface area contributed by atoms with Crippen molar-refractivity contribution in [3.8, 4) is 0 Å². The molecule has 1 aliphatic heterocycles. The molecule has 9 heteroatoms. The van der Waals surface area contributed by atoms with E-state index in [2.05, 4.69) is 16.9 Å². The predicted octanol–water partition coefficient (Wildman–Crippen LogP) is -0.505. The van der Waals surface area contributed by atoms with E-state index in [9.17, 15) is 18.7 Å². The van der Waals surface area contributed by atoms with Crippen molar-refractivity contribution in [1.82, 2.24) is 14.9 Å². The fourth-order valence-corrected chi connectivity index (χ4v) is 2.07. The fourth-order valence-electron chi connectivity index (χ4n) is 2.07. The van der Waals surface area contributed by atoms with E-state index in [0.717, 1.165) is 6.20 Å². The van der Waals surface area contributed by atoms with Crippen LogP contribution in [0.25, 0.3) is 0 Å². The summed E-state index contributed by atoms with van der Waals surface area (Å²) >= 11 is 0. The van der Waals surface area contributed by atoms with E-state index in [1.807, 2.05) is 0 Å². The molecule has 0 saturated carbocycles. The predicted molar refractivity (Wildman–Crippen MR) is 70.8 cm³/mol. The Labute approximate surface area is 119 Å². The van der Waals surface area contributed by atoms with Crippen molar-refractivity contribution in [3.05, 3.63) is 35.4 Å². The Balaban J connectivity index is 2.23. The number of ether oxygens (including phenoxy) is 1. The molecule has 116 valence electrons. The summed E-state index contributed by atoms with van der Waals surface area (Å²) in [7, 11) is 0. The van der Waals surface area contributed by atoms with Crippen LogP contribution in [0, 0.1) is 0 Å². The lowest BCUT2D eigenvalue weighted by molar-refractivity contribution is -0.140. The van der Waals surface area contributed by atoms with Crippen molar-refractivity contribution in [1.29, 1.82) is 0 Å². The van der Waals surface area contributed by atoms with Gasteiger partial charge in [0.15, 0.2) is 0 Å². The van der Waals surface area contributed by atoms with E-state index < -0.39 is 30.0 Å². The highest BCUT2D eigenvalue weighted by molar-refractivity contribution is 5.23. The molecule has 0 aliphatic carbocycles. The van der Waals surface area contributed by atoms with E-state index in [1.165, 1.54) is 6.07 Å².